The molecule has 3 rings (SSSR count). The third-order valence-corrected chi connectivity index (χ3v) is 3.47. The number of benzene rings is 1. The van der Waals surface area contributed by atoms with E-state index >= 15 is 0 Å². The Hall–Kier alpha value is -3.07. The van der Waals surface area contributed by atoms with Gasteiger partial charge in [-0.25, -0.2) is 15.0 Å². The average Bonchev–Trinajstić information content (AvgIpc) is 2.98. The van der Waals surface area contributed by atoms with Gasteiger partial charge in [0.05, 0.1) is 20.0 Å². The van der Waals surface area contributed by atoms with Gasteiger partial charge < -0.3 is 14.6 Å². The molecule has 1 aromatic carbocycles. The molecule has 0 amide bonds. The number of para-hydroxylation sites is 1. The van der Waals surface area contributed by atoms with Crippen molar-refractivity contribution in [2.75, 3.05) is 19.5 Å². The molecule has 0 saturated carbocycles. The summed E-state index contributed by atoms with van der Waals surface area (Å²) in [6.45, 7) is 2.37. The van der Waals surface area contributed by atoms with Crippen molar-refractivity contribution in [3.8, 4) is 17.6 Å². The lowest BCUT2D eigenvalue weighted by Crippen LogP contribution is -2.04. The highest BCUT2D eigenvalue weighted by Crippen LogP contribution is 2.22. The molecule has 6 heteroatoms. The molecule has 0 unspecified atom stereocenters. The first-order valence-electron chi connectivity index (χ1n) is 7.22. The second-order valence-corrected chi connectivity index (χ2v) is 4.88. The lowest BCUT2D eigenvalue weighted by molar-refractivity contribution is 0.408. The maximum Gasteiger partial charge on any atom is 0.208 e. The largest absolute Gasteiger partial charge is 0.496 e. The number of hydrogen-bond donors (Lipinski definition) is 1. The number of nitrogens with one attached hydrogen (secondary N) is 1. The zero-order valence-electron chi connectivity index (χ0n) is 13.3. The van der Waals surface area contributed by atoms with Crippen LogP contribution in [0.25, 0.3) is 11.2 Å². The van der Waals surface area contributed by atoms with Crippen LogP contribution in [0, 0.1) is 11.8 Å². The van der Waals surface area contributed by atoms with Crippen LogP contribution in [0.1, 0.15) is 18.3 Å². The summed E-state index contributed by atoms with van der Waals surface area (Å²) in [6.07, 6.45) is 1.76. The van der Waals surface area contributed by atoms with Crippen molar-refractivity contribution in [2.45, 2.75) is 13.5 Å². The van der Waals surface area contributed by atoms with Crippen molar-refractivity contribution in [1.82, 2.24) is 19.5 Å². The predicted octanol–water partition coefficient (Wildman–Crippen LogP) is 2.30. The van der Waals surface area contributed by atoms with E-state index in [9.17, 15) is 0 Å². The molecule has 116 valence electrons. The Morgan fingerprint density at radius 3 is 2.83 bits per heavy atom. The number of nitrogens with zero attached hydrogens (tertiary/aromatic N) is 4. The molecule has 0 bridgehead atoms. The highest BCUT2D eigenvalue weighted by atomic mass is 16.5. The zero-order valence-corrected chi connectivity index (χ0v) is 13.3. The van der Waals surface area contributed by atoms with E-state index in [-0.39, 0.29) is 0 Å². The Bertz CT molecular complexity index is 904. The van der Waals surface area contributed by atoms with Crippen LogP contribution in [0.15, 0.2) is 30.6 Å². The molecular formula is C17H17N5O. The fourth-order valence-electron chi connectivity index (χ4n) is 2.42. The van der Waals surface area contributed by atoms with Gasteiger partial charge >= 0.3 is 0 Å². The summed E-state index contributed by atoms with van der Waals surface area (Å²) in [5.74, 6) is 7.72. The summed E-state index contributed by atoms with van der Waals surface area (Å²) >= 11 is 0. The summed E-state index contributed by atoms with van der Waals surface area (Å²) in [5, 5.41) is 3.05. The molecule has 0 saturated heterocycles. The molecule has 0 radical (unpaired) electrons. The van der Waals surface area contributed by atoms with Gasteiger partial charge in [0.2, 0.25) is 5.82 Å². The van der Waals surface area contributed by atoms with Gasteiger partial charge in [-0.1, -0.05) is 24.1 Å². The maximum absolute atomic E-state index is 5.41. The molecule has 6 nitrogen and oxygen atoms in total. The number of methoxy groups -OCH3 is 1. The van der Waals surface area contributed by atoms with Gasteiger partial charge in [-0.2, -0.15) is 0 Å². The fraction of sp³-hybridized carbons (Fsp3) is 0.235. The number of ether oxygens (including phenoxy) is 1. The van der Waals surface area contributed by atoms with E-state index in [4.69, 9.17) is 4.74 Å². The maximum atomic E-state index is 5.41. The van der Waals surface area contributed by atoms with Crippen molar-refractivity contribution in [3.05, 3.63) is 42.0 Å². The van der Waals surface area contributed by atoms with Crippen LogP contribution >= 0.6 is 0 Å². The van der Waals surface area contributed by atoms with Crippen LogP contribution in [-0.2, 0) is 6.54 Å². The standard InChI is InChI=1S/C17H17N5O/c1-4-7-14-20-16(18-2)15-17(21-14)22(11-19-15)10-12-8-5-6-9-13(12)23-3/h5-6,8-9,11H,10H2,1-3H3,(H,18,20,21). The zero-order chi connectivity index (χ0) is 16.2. The normalized spacial score (nSPS) is 10.2. The monoisotopic (exact) mass is 307 g/mol. The van der Waals surface area contributed by atoms with Crippen molar-refractivity contribution in [1.29, 1.82) is 0 Å². The number of hydrogen-bond acceptors (Lipinski definition) is 5. The van der Waals surface area contributed by atoms with Crippen molar-refractivity contribution >= 4 is 17.0 Å². The second kappa shape index (κ2) is 6.36. The third-order valence-electron chi connectivity index (χ3n) is 3.47. The molecule has 0 atom stereocenters. The Kier molecular flexibility index (Phi) is 4.11. The lowest BCUT2D eigenvalue weighted by atomic mass is 10.2. The van der Waals surface area contributed by atoms with E-state index in [0.717, 1.165) is 22.5 Å². The number of anilines is 1. The van der Waals surface area contributed by atoms with Gasteiger partial charge in [-0.3, -0.25) is 0 Å². The van der Waals surface area contributed by atoms with Crippen LogP contribution in [0.2, 0.25) is 0 Å². The van der Waals surface area contributed by atoms with Gasteiger partial charge in [0.15, 0.2) is 17.0 Å². The van der Waals surface area contributed by atoms with Crippen molar-refractivity contribution in [2.24, 2.45) is 0 Å². The molecule has 1 N–H and O–H groups in total. The van der Waals surface area contributed by atoms with Gasteiger partial charge in [-0.05, 0) is 18.9 Å². The first-order chi connectivity index (χ1) is 11.3. The Labute approximate surface area is 134 Å². The second-order valence-electron chi connectivity index (χ2n) is 4.88. The minimum atomic E-state index is 0.478. The summed E-state index contributed by atoms with van der Waals surface area (Å²) in [5.41, 5.74) is 2.53. The van der Waals surface area contributed by atoms with E-state index < -0.39 is 0 Å². The van der Waals surface area contributed by atoms with Crippen molar-refractivity contribution in [3.63, 3.8) is 0 Å². The number of imidazole rings is 1. The molecule has 0 aliphatic rings. The minimum Gasteiger partial charge on any atom is -0.496 e. The summed E-state index contributed by atoms with van der Waals surface area (Å²) in [4.78, 5) is 13.3. The van der Waals surface area contributed by atoms with Crippen LogP contribution in [0.3, 0.4) is 0 Å². The van der Waals surface area contributed by atoms with Crippen molar-refractivity contribution < 1.29 is 4.74 Å². The van der Waals surface area contributed by atoms with Gasteiger partial charge in [-0.15, -0.1) is 0 Å². The van der Waals surface area contributed by atoms with E-state index in [1.54, 1.807) is 20.4 Å². The number of aromatic nitrogens is 4. The van der Waals surface area contributed by atoms with Crippen LogP contribution in [0.5, 0.6) is 5.75 Å². The van der Waals surface area contributed by atoms with Gasteiger partial charge in [0, 0.05) is 12.6 Å². The molecule has 23 heavy (non-hydrogen) atoms. The van der Waals surface area contributed by atoms with E-state index in [0.29, 0.717) is 18.2 Å². The van der Waals surface area contributed by atoms with E-state index in [1.807, 2.05) is 35.9 Å². The number of fused-ring (bicyclic) bond motifs is 1. The molecule has 2 aromatic heterocycles. The van der Waals surface area contributed by atoms with Crippen LogP contribution in [0.4, 0.5) is 5.82 Å². The first kappa shape index (κ1) is 14.9. The SMILES string of the molecule is CC#Cc1nc(NC)c2ncn(Cc3ccccc3OC)c2n1. The highest BCUT2D eigenvalue weighted by Gasteiger charge is 2.13. The van der Waals surface area contributed by atoms with Gasteiger partial charge in [0.25, 0.3) is 0 Å². The fourth-order valence-corrected chi connectivity index (χ4v) is 2.42. The Morgan fingerprint density at radius 1 is 1.26 bits per heavy atom. The summed E-state index contributed by atoms with van der Waals surface area (Å²) in [6, 6.07) is 7.90. The minimum absolute atomic E-state index is 0.478. The molecule has 3 aromatic rings. The molecule has 0 spiro atoms. The van der Waals surface area contributed by atoms with Crippen LogP contribution in [-0.4, -0.2) is 33.7 Å². The Morgan fingerprint density at radius 2 is 2.09 bits per heavy atom. The average molecular weight is 307 g/mol. The third kappa shape index (κ3) is 2.81. The number of rotatable bonds is 4. The quantitative estimate of drug-likeness (QED) is 0.749. The topological polar surface area (TPSA) is 64.9 Å². The molecular weight excluding hydrogens is 290 g/mol. The smallest absolute Gasteiger partial charge is 0.208 e. The molecule has 2 heterocycles. The van der Waals surface area contributed by atoms with E-state index in [2.05, 4.69) is 32.1 Å². The molecule has 0 fully saturated rings. The van der Waals surface area contributed by atoms with Crippen LogP contribution < -0.4 is 10.1 Å². The van der Waals surface area contributed by atoms with Gasteiger partial charge in [0.1, 0.15) is 5.75 Å². The molecule has 0 aliphatic carbocycles. The Balaban J connectivity index is 2.10. The summed E-state index contributed by atoms with van der Waals surface area (Å²) in [7, 11) is 3.48. The highest BCUT2D eigenvalue weighted by molar-refractivity contribution is 5.83. The molecule has 0 aliphatic heterocycles. The lowest BCUT2D eigenvalue weighted by Gasteiger charge is -2.09. The predicted molar refractivity (Wildman–Crippen MR) is 89.5 cm³/mol. The summed E-state index contributed by atoms with van der Waals surface area (Å²) < 4.78 is 7.38. The van der Waals surface area contributed by atoms with E-state index in [1.165, 1.54) is 0 Å². The first-order valence-corrected chi connectivity index (χ1v) is 7.22.